The highest BCUT2D eigenvalue weighted by Crippen LogP contribution is 2.27. The van der Waals surface area contributed by atoms with Crippen molar-refractivity contribution in [3.8, 4) is 5.75 Å². The summed E-state index contributed by atoms with van der Waals surface area (Å²) in [5.41, 5.74) is 3.62. The predicted octanol–water partition coefficient (Wildman–Crippen LogP) is 4.46. The van der Waals surface area contributed by atoms with E-state index < -0.39 is 0 Å². The van der Waals surface area contributed by atoms with E-state index in [0.717, 1.165) is 55.6 Å². The van der Waals surface area contributed by atoms with Crippen LogP contribution in [0.4, 0.5) is 4.39 Å². The second-order valence-electron chi connectivity index (χ2n) is 10.9. The van der Waals surface area contributed by atoms with E-state index in [1.807, 2.05) is 53.4 Å². The van der Waals surface area contributed by atoms with Crippen LogP contribution in [0.1, 0.15) is 46.3 Å². The van der Waals surface area contributed by atoms with Gasteiger partial charge in [-0.25, -0.2) is 4.39 Å². The third-order valence-corrected chi connectivity index (χ3v) is 7.74. The number of fused-ring (bicyclic) bond motifs is 1. The van der Waals surface area contributed by atoms with Crippen molar-refractivity contribution in [3.63, 3.8) is 0 Å². The van der Waals surface area contributed by atoms with Crippen LogP contribution in [0.5, 0.6) is 5.75 Å². The summed E-state index contributed by atoms with van der Waals surface area (Å²) >= 11 is 0. The summed E-state index contributed by atoms with van der Waals surface area (Å²) in [5.74, 6) is 0.453. The maximum Gasteiger partial charge on any atom is 0.254 e. The van der Waals surface area contributed by atoms with E-state index in [1.165, 1.54) is 12.1 Å². The first-order chi connectivity index (χ1) is 20.0. The summed E-state index contributed by atoms with van der Waals surface area (Å²) in [6, 6.07) is 22.4. The number of nitrogens with one attached hydrogen (secondary N) is 1. The van der Waals surface area contributed by atoms with Gasteiger partial charge in [-0.1, -0.05) is 48.5 Å². The molecule has 7 nitrogen and oxygen atoms in total. The molecule has 0 atom stereocenters. The predicted molar refractivity (Wildman–Crippen MR) is 157 cm³/mol. The molecule has 3 aromatic rings. The average Bonchev–Trinajstić information content (AvgIpc) is 3.00. The van der Waals surface area contributed by atoms with E-state index in [-0.39, 0.29) is 24.2 Å². The zero-order valence-electron chi connectivity index (χ0n) is 23.6. The maximum atomic E-state index is 13.9. The van der Waals surface area contributed by atoms with Crippen LogP contribution in [-0.2, 0) is 24.4 Å². The van der Waals surface area contributed by atoms with Gasteiger partial charge >= 0.3 is 0 Å². The lowest BCUT2D eigenvalue weighted by atomic mass is 10.0. The number of hydrogen-bond acceptors (Lipinski definition) is 5. The van der Waals surface area contributed by atoms with Crippen molar-refractivity contribution in [1.82, 2.24) is 20.0 Å². The fourth-order valence-electron chi connectivity index (χ4n) is 5.50. The maximum absolute atomic E-state index is 13.9. The van der Waals surface area contributed by atoms with Gasteiger partial charge in [0.2, 0.25) is 5.91 Å². The van der Waals surface area contributed by atoms with Crippen LogP contribution < -0.4 is 10.1 Å². The first-order valence-corrected chi connectivity index (χ1v) is 14.6. The highest BCUT2D eigenvalue weighted by atomic mass is 19.1. The van der Waals surface area contributed by atoms with E-state index in [4.69, 9.17) is 4.74 Å². The Labute approximate surface area is 241 Å². The van der Waals surface area contributed by atoms with E-state index in [9.17, 15) is 14.0 Å². The van der Waals surface area contributed by atoms with Gasteiger partial charge < -0.3 is 15.0 Å². The molecule has 216 valence electrons. The average molecular weight is 559 g/mol. The summed E-state index contributed by atoms with van der Waals surface area (Å²) in [7, 11) is 0. The molecule has 1 fully saturated rings. The van der Waals surface area contributed by atoms with E-state index in [2.05, 4.69) is 27.2 Å². The van der Waals surface area contributed by atoms with Crippen molar-refractivity contribution in [2.45, 2.75) is 38.9 Å². The molecule has 2 aliphatic heterocycles. The number of nitrogens with zero attached hydrogens (tertiary/aromatic N) is 3. The van der Waals surface area contributed by atoms with Crippen molar-refractivity contribution in [1.29, 1.82) is 0 Å². The molecule has 1 saturated heterocycles. The van der Waals surface area contributed by atoms with Crippen LogP contribution >= 0.6 is 0 Å². The number of carbonyl (C=O) groups is 2. The fourth-order valence-corrected chi connectivity index (χ4v) is 5.50. The Hall–Kier alpha value is -3.75. The normalized spacial score (nSPS) is 17.8. The van der Waals surface area contributed by atoms with Crippen LogP contribution in [0.3, 0.4) is 0 Å². The minimum atomic E-state index is -0.234. The van der Waals surface area contributed by atoms with Crippen LogP contribution in [0.15, 0.2) is 72.8 Å². The molecule has 1 N–H and O–H groups in total. The van der Waals surface area contributed by atoms with Crippen molar-refractivity contribution in [2.75, 3.05) is 45.9 Å². The SMILES string of the molecule is O=C1CN(Cc2ccccc2)Cc2c(cccc2C(=O)N2CCN(Cc3ccc(F)cc3)CC2)OCCCCCN1. The highest BCUT2D eigenvalue weighted by molar-refractivity contribution is 5.96. The molecule has 8 heteroatoms. The van der Waals surface area contributed by atoms with Crippen molar-refractivity contribution in [2.24, 2.45) is 0 Å². The van der Waals surface area contributed by atoms with Gasteiger partial charge in [-0.3, -0.25) is 19.4 Å². The molecule has 0 saturated carbocycles. The zero-order valence-corrected chi connectivity index (χ0v) is 23.6. The Kier molecular flexibility index (Phi) is 9.99. The van der Waals surface area contributed by atoms with Gasteiger partial charge in [-0.2, -0.15) is 0 Å². The molecular formula is C33H39FN4O3. The molecule has 2 heterocycles. The Morgan fingerprint density at radius 3 is 2.29 bits per heavy atom. The Morgan fingerprint density at radius 1 is 0.780 bits per heavy atom. The number of hydrogen-bond donors (Lipinski definition) is 1. The van der Waals surface area contributed by atoms with Gasteiger partial charge in [0.15, 0.2) is 0 Å². The van der Waals surface area contributed by atoms with E-state index in [0.29, 0.717) is 50.6 Å². The smallest absolute Gasteiger partial charge is 0.254 e. The molecule has 41 heavy (non-hydrogen) atoms. The molecule has 0 aromatic heterocycles. The lowest BCUT2D eigenvalue weighted by Gasteiger charge is -2.35. The second kappa shape index (κ2) is 14.2. The monoisotopic (exact) mass is 558 g/mol. The molecular weight excluding hydrogens is 519 g/mol. The minimum Gasteiger partial charge on any atom is -0.493 e. The molecule has 0 spiro atoms. The molecule has 0 unspecified atom stereocenters. The third kappa shape index (κ3) is 8.15. The number of piperazine rings is 1. The highest BCUT2D eigenvalue weighted by Gasteiger charge is 2.27. The number of carbonyl (C=O) groups excluding carboxylic acids is 2. The quantitative estimate of drug-likeness (QED) is 0.501. The second-order valence-corrected chi connectivity index (χ2v) is 10.9. The fraction of sp³-hybridized carbons (Fsp3) is 0.394. The van der Waals surface area contributed by atoms with Crippen LogP contribution in [0.2, 0.25) is 0 Å². The number of benzene rings is 3. The Balaban J connectivity index is 1.34. The minimum absolute atomic E-state index is 0.0104. The lowest BCUT2D eigenvalue weighted by Crippen LogP contribution is -2.48. The summed E-state index contributed by atoms with van der Waals surface area (Å²) in [4.78, 5) is 33.1. The van der Waals surface area contributed by atoms with Gasteiger partial charge in [0.05, 0.1) is 13.2 Å². The molecule has 2 amide bonds. The van der Waals surface area contributed by atoms with Gasteiger partial charge in [0, 0.05) is 63.5 Å². The Bertz CT molecular complexity index is 1290. The molecule has 0 bridgehead atoms. The molecule has 3 aromatic carbocycles. The van der Waals surface area contributed by atoms with Gasteiger partial charge in [-0.15, -0.1) is 0 Å². The van der Waals surface area contributed by atoms with Crippen molar-refractivity contribution < 1.29 is 18.7 Å². The van der Waals surface area contributed by atoms with E-state index >= 15 is 0 Å². The molecule has 0 radical (unpaired) electrons. The number of rotatable bonds is 5. The molecule has 5 rings (SSSR count). The Morgan fingerprint density at radius 2 is 1.51 bits per heavy atom. The summed E-state index contributed by atoms with van der Waals surface area (Å²) in [6.45, 7) is 5.90. The van der Waals surface area contributed by atoms with Crippen LogP contribution in [0.25, 0.3) is 0 Å². The standard InChI is InChI=1S/C33H39FN4O3/c34-28-14-12-27(13-15-28)22-36-17-19-38(20-18-36)33(40)29-10-7-11-31-30(29)24-37(23-26-8-3-1-4-9-26)25-32(39)35-16-5-2-6-21-41-31/h1,3-4,7-15H,2,5-6,16-25H2,(H,35,39). The molecule has 0 aliphatic carbocycles. The topological polar surface area (TPSA) is 65.1 Å². The van der Waals surface area contributed by atoms with Gasteiger partial charge in [0.1, 0.15) is 11.6 Å². The van der Waals surface area contributed by atoms with Gasteiger partial charge in [0.25, 0.3) is 5.91 Å². The summed E-state index contributed by atoms with van der Waals surface area (Å²) in [5, 5.41) is 3.05. The lowest BCUT2D eigenvalue weighted by molar-refractivity contribution is -0.122. The largest absolute Gasteiger partial charge is 0.493 e. The zero-order chi connectivity index (χ0) is 28.4. The third-order valence-electron chi connectivity index (χ3n) is 7.74. The van der Waals surface area contributed by atoms with Crippen LogP contribution in [-0.4, -0.2) is 72.4 Å². The first-order valence-electron chi connectivity index (χ1n) is 14.6. The number of halogens is 1. The summed E-state index contributed by atoms with van der Waals surface area (Å²) in [6.07, 6.45) is 2.76. The molecule has 2 aliphatic rings. The van der Waals surface area contributed by atoms with E-state index in [1.54, 1.807) is 0 Å². The number of amides is 2. The van der Waals surface area contributed by atoms with Crippen molar-refractivity contribution in [3.05, 3.63) is 101 Å². The van der Waals surface area contributed by atoms with Gasteiger partial charge in [-0.05, 0) is 54.7 Å². The first kappa shape index (κ1) is 28.8. The van der Waals surface area contributed by atoms with Crippen molar-refractivity contribution >= 4 is 11.8 Å². The van der Waals surface area contributed by atoms with Crippen LogP contribution in [0, 0.1) is 5.82 Å². The number of ether oxygens (including phenoxy) is 1. The summed E-state index contributed by atoms with van der Waals surface area (Å²) < 4.78 is 19.6.